The van der Waals surface area contributed by atoms with Crippen LogP contribution >= 0.6 is 0 Å². The van der Waals surface area contributed by atoms with Crippen LogP contribution < -0.4 is 15.5 Å². The number of methoxy groups -OCH3 is 2. The number of carbonyl (C=O) groups excluding carboxylic acids is 4. The van der Waals surface area contributed by atoms with Crippen LogP contribution in [-0.4, -0.2) is 93.6 Å². The van der Waals surface area contributed by atoms with Crippen molar-refractivity contribution in [3.63, 3.8) is 0 Å². The zero-order valence-electron chi connectivity index (χ0n) is 41.5. The summed E-state index contributed by atoms with van der Waals surface area (Å²) in [7, 11) is 2.61. The summed E-state index contributed by atoms with van der Waals surface area (Å²) in [5.74, 6) is -0.456. The van der Waals surface area contributed by atoms with Gasteiger partial charge in [-0.1, -0.05) is 109 Å². The van der Waals surface area contributed by atoms with Gasteiger partial charge in [-0.05, 0) is 96.7 Å². The average molecular weight is 940 g/mol. The molecule has 15 nitrogen and oxygen atoms in total. The van der Waals surface area contributed by atoms with Gasteiger partial charge in [0.25, 0.3) is 0 Å². The van der Waals surface area contributed by atoms with Gasteiger partial charge in [0.15, 0.2) is 0 Å². The smallest absolute Gasteiger partial charge is 0.407 e. The Hall–Kier alpha value is -6.64. The minimum absolute atomic E-state index is 0.0276. The number of ether oxygens (including phenoxy) is 2. The molecule has 4 N–H and O–H groups in total. The first-order valence-corrected chi connectivity index (χ1v) is 24.6. The lowest BCUT2D eigenvalue weighted by molar-refractivity contribution is -0.136. The Bertz CT molecular complexity index is 2430. The first kappa shape index (κ1) is 48.8. The van der Waals surface area contributed by atoms with Crippen molar-refractivity contribution in [2.75, 3.05) is 32.2 Å². The minimum Gasteiger partial charge on any atom is -0.453 e. The molecule has 0 aliphatic carbocycles. The molecule has 0 spiro atoms. The predicted octanol–water partition coefficient (Wildman–Crippen LogP) is 9.94. The highest BCUT2D eigenvalue weighted by atomic mass is 16.5. The highest BCUT2D eigenvalue weighted by Crippen LogP contribution is 2.48. The van der Waals surface area contributed by atoms with Gasteiger partial charge in [0, 0.05) is 29.9 Å². The van der Waals surface area contributed by atoms with E-state index in [1.807, 2.05) is 49.6 Å². The molecule has 69 heavy (non-hydrogen) atoms. The maximum atomic E-state index is 13.8. The van der Waals surface area contributed by atoms with Crippen LogP contribution in [0.25, 0.3) is 22.5 Å². The average Bonchev–Trinajstić information content (AvgIpc) is 4.21. The van der Waals surface area contributed by atoms with E-state index >= 15 is 0 Å². The maximum Gasteiger partial charge on any atom is 0.407 e. The third kappa shape index (κ3) is 10.4. The number of nitrogens with one attached hydrogen (secondary N) is 4. The van der Waals surface area contributed by atoms with E-state index in [1.54, 1.807) is 0 Å². The summed E-state index contributed by atoms with van der Waals surface area (Å²) in [5, 5.41) is 21.4. The zero-order chi connectivity index (χ0) is 49.1. The summed E-state index contributed by atoms with van der Waals surface area (Å²) >= 11 is 0. The Kier molecular flexibility index (Phi) is 14.5. The van der Waals surface area contributed by atoms with Gasteiger partial charge in [0.05, 0.1) is 61.2 Å². The second kappa shape index (κ2) is 20.5. The molecule has 0 radical (unpaired) electrons. The van der Waals surface area contributed by atoms with Crippen molar-refractivity contribution < 1.29 is 28.7 Å². The first-order valence-electron chi connectivity index (χ1n) is 24.6. The number of anilines is 1. The van der Waals surface area contributed by atoms with E-state index in [4.69, 9.17) is 19.7 Å². The molecular formula is C54H69N9O6. The fourth-order valence-corrected chi connectivity index (χ4v) is 10.5. The SMILES string of the molecule is COC(=O)NC(C(=O)N1CCCC1c1cc(-c2ccc(C3CCC(c4ccc(-c5cc(C6CCCN6C(=O)C(NC(=O)OC)C(C)C)[nH]n5)cc4)N3c3ccc(C(C)(C)C)cc3)cc2)n[nH]1)C(C)C. The Balaban J connectivity index is 1.00. The molecule has 3 fully saturated rings. The summed E-state index contributed by atoms with van der Waals surface area (Å²) in [6.45, 7) is 15.6. The molecule has 3 saturated heterocycles. The molecule has 5 heterocycles. The van der Waals surface area contributed by atoms with Crippen molar-refractivity contribution in [2.45, 2.75) is 129 Å². The van der Waals surface area contributed by atoms with E-state index in [9.17, 15) is 19.2 Å². The number of carbonyl (C=O) groups is 4. The fraction of sp³-hybridized carbons (Fsp3) is 0.481. The number of H-pyrrole nitrogens is 2. The van der Waals surface area contributed by atoms with Gasteiger partial charge < -0.3 is 34.8 Å². The zero-order valence-corrected chi connectivity index (χ0v) is 41.5. The number of nitrogens with zero attached hydrogens (tertiary/aromatic N) is 5. The summed E-state index contributed by atoms with van der Waals surface area (Å²) in [4.78, 5) is 58.0. The Morgan fingerprint density at radius 1 is 0.594 bits per heavy atom. The van der Waals surface area contributed by atoms with Crippen LogP contribution in [0.15, 0.2) is 84.9 Å². The van der Waals surface area contributed by atoms with Crippen LogP contribution in [0.2, 0.25) is 0 Å². The second-order valence-corrected chi connectivity index (χ2v) is 20.6. The number of hydrogen-bond donors (Lipinski definition) is 4. The van der Waals surface area contributed by atoms with Gasteiger partial charge in [-0.25, -0.2) is 9.59 Å². The third-order valence-corrected chi connectivity index (χ3v) is 14.4. The number of aromatic amines is 2. The normalized spacial score (nSPS) is 20.4. The number of likely N-dealkylation sites (tertiary alicyclic amines) is 2. The lowest BCUT2D eigenvalue weighted by atomic mass is 9.87. The topological polar surface area (TPSA) is 178 Å². The monoisotopic (exact) mass is 940 g/mol. The minimum atomic E-state index is -0.688. The van der Waals surface area contributed by atoms with Gasteiger partial charge in [0.2, 0.25) is 11.8 Å². The molecule has 6 atom stereocenters. The molecule has 3 aliphatic heterocycles. The Morgan fingerprint density at radius 2 is 1.00 bits per heavy atom. The van der Waals surface area contributed by atoms with Crippen molar-refractivity contribution in [3.05, 3.63) is 113 Å². The lowest BCUT2D eigenvalue weighted by Crippen LogP contribution is -2.51. The number of aromatic nitrogens is 4. The highest BCUT2D eigenvalue weighted by molar-refractivity contribution is 5.87. The van der Waals surface area contributed by atoms with Gasteiger partial charge in [-0.2, -0.15) is 10.2 Å². The van der Waals surface area contributed by atoms with Gasteiger partial charge in [0.1, 0.15) is 12.1 Å². The Labute approximate surface area is 406 Å². The molecule has 5 aromatic rings. The molecule has 8 rings (SSSR count). The second-order valence-electron chi connectivity index (χ2n) is 20.6. The van der Waals surface area contributed by atoms with Crippen molar-refractivity contribution in [3.8, 4) is 22.5 Å². The molecule has 2 aromatic heterocycles. The number of amides is 4. The largest absolute Gasteiger partial charge is 0.453 e. The maximum absolute atomic E-state index is 13.8. The van der Waals surface area contributed by atoms with Gasteiger partial charge >= 0.3 is 12.2 Å². The van der Waals surface area contributed by atoms with Crippen LogP contribution in [0.5, 0.6) is 0 Å². The highest BCUT2D eigenvalue weighted by Gasteiger charge is 2.40. The van der Waals surface area contributed by atoms with Crippen LogP contribution in [0, 0.1) is 11.8 Å². The van der Waals surface area contributed by atoms with Crippen LogP contribution in [0.3, 0.4) is 0 Å². The number of benzene rings is 3. The predicted molar refractivity (Wildman–Crippen MR) is 266 cm³/mol. The molecule has 0 bridgehead atoms. The summed E-state index contributed by atoms with van der Waals surface area (Å²) < 4.78 is 9.63. The standard InChI is InChI=1S/C54H69N9O6/c1-32(2)48(55-52(66)68-8)50(64)61-28-10-12-46(61)42-30-40(57-59-42)34-14-18-36(19-15-34)44-26-27-45(63(44)39-24-22-38(23-25-39)54(5,6)7)37-20-16-35(17-21-37)41-31-43(60-58-41)47-13-11-29-62(47)51(65)49(33(3)4)56-53(67)69-9/h14-25,30-33,44-49H,10-13,26-29H2,1-9H3,(H,55,66)(H,56,67)(H,57,59)(H,58,60). The summed E-state index contributed by atoms with van der Waals surface area (Å²) in [6, 6.07) is 29.2. The van der Waals surface area contributed by atoms with E-state index in [0.29, 0.717) is 13.1 Å². The van der Waals surface area contributed by atoms with E-state index in [1.165, 1.54) is 36.6 Å². The fourth-order valence-electron chi connectivity index (χ4n) is 10.5. The first-order chi connectivity index (χ1) is 33.1. The number of alkyl carbamates (subject to hydrolysis) is 2. The summed E-state index contributed by atoms with van der Waals surface area (Å²) in [5.41, 5.74) is 10.3. The number of rotatable bonds is 13. The molecule has 6 unspecified atom stereocenters. The van der Waals surface area contributed by atoms with E-state index < -0.39 is 24.3 Å². The van der Waals surface area contributed by atoms with Gasteiger partial charge in [-0.3, -0.25) is 19.8 Å². The van der Waals surface area contributed by atoms with Crippen LogP contribution in [-0.2, 0) is 24.5 Å². The molecule has 15 heteroatoms. The molecule has 0 saturated carbocycles. The molecule has 366 valence electrons. The van der Waals surface area contributed by atoms with Gasteiger partial charge in [-0.15, -0.1) is 0 Å². The molecular weight excluding hydrogens is 871 g/mol. The summed E-state index contributed by atoms with van der Waals surface area (Å²) in [6.07, 6.45) is 4.04. The molecule has 3 aromatic carbocycles. The van der Waals surface area contributed by atoms with Crippen LogP contribution in [0.4, 0.5) is 15.3 Å². The van der Waals surface area contributed by atoms with Crippen molar-refractivity contribution in [1.29, 1.82) is 0 Å². The van der Waals surface area contributed by atoms with E-state index in [2.05, 4.69) is 119 Å². The van der Waals surface area contributed by atoms with E-state index in [0.717, 1.165) is 72.4 Å². The lowest BCUT2D eigenvalue weighted by Gasteiger charge is -2.34. The van der Waals surface area contributed by atoms with Crippen LogP contribution in [0.1, 0.15) is 139 Å². The molecule has 3 aliphatic rings. The number of hydrogen-bond acceptors (Lipinski definition) is 9. The van der Waals surface area contributed by atoms with Crippen molar-refractivity contribution in [2.24, 2.45) is 11.8 Å². The Morgan fingerprint density at radius 3 is 1.36 bits per heavy atom. The third-order valence-electron chi connectivity index (χ3n) is 14.4. The van der Waals surface area contributed by atoms with Crippen molar-refractivity contribution in [1.82, 2.24) is 40.8 Å². The quantitative estimate of drug-likeness (QED) is 0.0895. The molecule has 4 amide bonds. The van der Waals surface area contributed by atoms with Crippen molar-refractivity contribution >= 4 is 29.7 Å². The van der Waals surface area contributed by atoms with E-state index in [-0.39, 0.29) is 53.2 Å².